The molecule has 0 amide bonds. The molecule has 0 radical (unpaired) electrons. The first-order valence-corrected chi connectivity index (χ1v) is 8.13. The van der Waals surface area contributed by atoms with E-state index in [0.29, 0.717) is 36.5 Å². The lowest BCUT2D eigenvalue weighted by atomic mass is 10.0. The van der Waals surface area contributed by atoms with Crippen LogP contribution in [-0.2, 0) is 17.7 Å². The van der Waals surface area contributed by atoms with Gasteiger partial charge in [0.2, 0.25) is 5.89 Å². The molecule has 2 atom stereocenters. The third kappa shape index (κ3) is 2.95. The Morgan fingerprint density at radius 2 is 2.17 bits per heavy atom. The zero-order valence-electron chi connectivity index (χ0n) is 14.0. The molecule has 0 bridgehead atoms. The Hall–Kier alpha value is -1.96. The van der Waals surface area contributed by atoms with E-state index in [2.05, 4.69) is 22.2 Å². The lowest BCUT2D eigenvalue weighted by molar-refractivity contribution is 0.0825. The molecule has 126 valence electrons. The summed E-state index contributed by atoms with van der Waals surface area (Å²) >= 11 is 0. The second-order valence-electron chi connectivity index (χ2n) is 6.28. The Labute approximate surface area is 134 Å². The average molecular weight is 321 g/mol. The maximum atomic E-state index is 12.7. The van der Waals surface area contributed by atoms with Crippen molar-refractivity contribution in [2.75, 3.05) is 6.61 Å². The lowest BCUT2D eigenvalue weighted by Crippen LogP contribution is -2.28. The number of ether oxygens (including phenoxy) is 1. The normalized spacial score (nSPS) is 21.4. The van der Waals surface area contributed by atoms with Crippen molar-refractivity contribution < 1.29 is 9.26 Å². The van der Waals surface area contributed by atoms with Gasteiger partial charge < -0.3 is 9.26 Å². The molecule has 8 nitrogen and oxygen atoms in total. The third-order valence-electron chi connectivity index (χ3n) is 4.16. The van der Waals surface area contributed by atoms with Gasteiger partial charge in [-0.1, -0.05) is 19.0 Å². The van der Waals surface area contributed by atoms with E-state index in [1.165, 1.54) is 4.68 Å². The Bertz CT molecular complexity index is 730. The fraction of sp³-hybridized carbons (Fsp3) is 0.733. The molecule has 0 N–H and O–H groups in total. The zero-order valence-corrected chi connectivity index (χ0v) is 14.0. The standard InChI is InChI=1S/C15H23N5O3/c1-5-12-16-11(18-23-12)8-19-15(21)20(9(2)3)14(17-19)13-10(4)6-7-22-13/h9-10,13H,5-8H2,1-4H3/t10-,13+/m1/s1. The van der Waals surface area contributed by atoms with Crippen LogP contribution in [-0.4, -0.2) is 31.1 Å². The molecule has 1 aliphatic rings. The highest BCUT2D eigenvalue weighted by Gasteiger charge is 2.32. The molecule has 0 aromatic carbocycles. The van der Waals surface area contributed by atoms with Crippen LogP contribution in [0.2, 0.25) is 0 Å². The largest absolute Gasteiger partial charge is 0.370 e. The van der Waals surface area contributed by atoms with Gasteiger partial charge in [0.05, 0.1) is 0 Å². The van der Waals surface area contributed by atoms with Crippen LogP contribution in [0.15, 0.2) is 9.32 Å². The minimum Gasteiger partial charge on any atom is -0.370 e. The van der Waals surface area contributed by atoms with Crippen molar-refractivity contribution >= 4 is 0 Å². The second kappa shape index (κ2) is 6.27. The molecule has 0 aliphatic carbocycles. The quantitative estimate of drug-likeness (QED) is 0.833. The van der Waals surface area contributed by atoms with E-state index in [1.807, 2.05) is 20.8 Å². The van der Waals surface area contributed by atoms with Crippen molar-refractivity contribution in [2.45, 2.75) is 59.2 Å². The molecule has 0 saturated carbocycles. The van der Waals surface area contributed by atoms with Crippen molar-refractivity contribution in [1.29, 1.82) is 0 Å². The molecule has 23 heavy (non-hydrogen) atoms. The first-order chi connectivity index (χ1) is 11.0. The van der Waals surface area contributed by atoms with Crippen LogP contribution in [0.5, 0.6) is 0 Å². The summed E-state index contributed by atoms with van der Waals surface area (Å²) in [5, 5.41) is 8.41. The Kier molecular flexibility index (Phi) is 4.34. The van der Waals surface area contributed by atoms with Gasteiger partial charge in [0.15, 0.2) is 11.6 Å². The van der Waals surface area contributed by atoms with Crippen molar-refractivity contribution in [3.05, 3.63) is 28.0 Å². The van der Waals surface area contributed by atoms with Crippen LogP contribution in [0, 0.1) is 5.92 Å². The van der Waals surface area contributed by atoms with Gasteiger partial charge in [0, 0.05) is 19.1 Å². The summed E-state index contributed by atoms with van der Waals surface area (Å²) in [6.07, 6.45) is 1.51. The van der Waals surface area contributed by atoms with Crippen LogP contribution >= 0.6 is 0 Å². The highest BCUT2D eigenvalue weighted by molar-refractivity contribution is 5.00. The maximum Gasteiger partial charge on any atom is 0.346 e. The van der Waals surface area contributed by atoms with Gasteiger partial charge in [0.1, 0.15) is 12.6 Å². The predicted octanol–water partition coefficient (Wildman–Crippen LogP) is 1.72. The van der Waals surface area contributed by atoms with Crippen LogP contribution in [0.25, 0.3) is 0 Å². The van der Waals surface area contributed by atoms with E-state index >= 15 is 0 Å². The van der Waals surface area contributed by atoms with Gasteiger partial charge in [-0.3, -0.25) is 4.57 Å². The summed E-state index contributed by atoms with van der Waals surface area (Å²) in [6, 6.07) is 0.0131. The first-order valence-electron chi connectivity index (χ1n) is 8.13. The third-order valence-corrected chi connectivity index (χ3v) is 4.16. The summed E-state index contributed by atoms with van der Waals surface area (Å²) in [4.78, 5) is 16.9. The molecule has 2 aromatic rings. The maximum absolute atomic E-state index is 12.7. The van der Waals surface area contributed by atoms with Crippen molar-refractivity contribution in [2.24, 2.45) is 5.92 Å². The number of hydrogen-bond acceptors (Lipinski definition) is 6. The summed E-state index contributed by atoms with van der Waals surface area (Å²) in [5.41, 5.74) is -0.166. The van der Waals surface area contributed by atoms with Gasteiger partial charge >= 0.3 is 5.69 Å². The SMILES string of the molecule is CCc1nc(Cn2nc([C@H]3OCC[C@H]3C)n(C(C)C)c2=O)no1. The molecular weight excluding hydrogens is 298 g/mol. The molecule has 0 spiro atoms. The highest BCUT2D eigenvalue weighted by Crippen LogP contribution is 2.33. The monoisotopic (exact) mass is 321 g/mol. The number of rotatable bonds is 5. The van der Waals surface area contributed by atoms with Gasteiger partial charge in [-0.15, -0.1) is 0 Å². The Morgan fingerprint density at radius 1 is 1.39 bits per heavy atom. The molecule has 1 saturated heterocycles. The minimum atomic E-state index is -0.166. The number of aromatic nitrogens is 5. The molecule has 1 fully saturated rings. The summed E-state index contributed by atoms with van der Waals surface area (Å²) in [5.74, 6) is 2.06. The molecular formula is C15H23N5O3. The van der Waals surface area contributed by atoms with Gasteiger partial charge in [-0.2, -0.15) is 10.1 Å². The van der Waals surface area contributed by atoms with Crippen molar-refractivity contribution in [3.63, 3.8) is 0 Å². The van der Waals surface area contributed by atoms with E-state index in [9.17, 15) is 4.79 Å². The first kappa shape index (κ1) is 15.9. The summed E-state index contributed by atoms with van der Waals surface area (Å²) in [7, 11) is 0. The molecule has 3 heterocycles. The Balaban J connectivity index is 1.96. The summed E-state index contributed by atoms with van der Waals surface area (Å²) in [6.45, 7) is 8.92. The predicted molar refractivity (Wildman–Crippen MR) is 82.1 cm³/mol. The topological polar surface area (TPSA) is 88.0 Å². The minimum absolute atomic E-state index is 0.0131. The summed E-state index contributed by atoms with van der Waals surface area (Å²) < 4.78 is 14.0. The van der Waals surface area contributed by atoms with E-state index < -0.39 is 0 Å². The number of hydrogen-bond donors (Lipinski definition) is 0. The van der Waals surface area contributed by atoms with Crippen LogP contribution in [0.1, 0.15) is 63.8 Å². The Morgan fingerprint density at radius 3 is 2.74 bits per heavy atom. The molecule has 1 aliphatic heterocycles. The van der Waals surface area contributed by atoms with Crippen molar-refractivity contribution in [1.82, 2.24) is 24.5 Å². The van der Waals surface area contributed by atoms with Crippen LogP contribution in [0.4, 0.5) is 0 Å². The molecule has 8 heteroatoms. The lowest BCUT2D eigenvalue weighted by Gasteiger charge is -2.16. The average Bonchev–Trinajstić information content (AvgIpc) is 3.19. The van der Waals surface area contributed by atoms with E-state index in [-0.39, 0.29) is 24.4 Å². The number of aryl methyl sites for hydroxylation is 1. The van der Waals surface area contributed by atoms with Crippen LogP contribution in [0.3, 0.4) is 0 Å². The van der Waals surface area contributed by atoms with Gasteiger partial charge in [-0.25, -0.2) is 9.48 Å². The van der Waals surface area contributed by atoms with E-state index in [4.69, 9.17) is 9.26 Å². The van der Waals surface area contributed by atoms with E-state index in [0.717, 1.165) is 6.42 Å². The fourth-order valence-electron chi connectivity index (χ4n) is 2.88. The van der Waals surface area contributed by atoms with Gasteiger partial charge in [-0.05, 0) is 26.2 Å². The zero-order chi connectivity index (χ0) is 16.6. The number of nitrogens with zero attached hydrogens (tertiary/aromatic N) is 5. The van der Waals surface area contributed by atoms with Crippen molar-refractivity contribution in [3.8, 4) is 0 Å². The van der Waals surface area contributed by atoms with E-state index in [1.54, 1.807) is 4.57 Å². The van der Waals surface area contributed by atoms with Crippen LogP contribution < -0.4 is 5.69 Å². The smallest absolute Gasteiger partial charge is 0.346 e. The fourth-order valence-corrected chi connectivity index (χ4v) is 2.88. The molecule has 0 unspecified atom stereocenters. The van der Waals surface area contributed by atoms with Gasteiger partial charge in [0.25, 0.3) is 0 Å². The highest BCUT2D eigenvalue weighted by atomic mass is 16.5. The second-order valence-corrected chi connectivity index (χ2v) is 6.28. The molecule has 2 aromatic heterocycles. The molecule has 3 rings (SSSR count).